The van der Waals surface area contributed by atoms with Crippen molar-refractivity contribution in [1.29, 1.82) is 0 Å². The molecule has 6 aromatic rings. The Morgan fingerprint density at radius 2 is 1.09 bits per heavy atom. The highest BCUT2D eigenvalue weighted by Crippen LogP contribution is 2.42. The van der Waals surface area contributed by atoms with Crippen LogP contribution in [0.2, 0.25) is 0 Å². The van der Waals surface area contributed by atoms with Crippen LogP contribution in [0.5, 0.6) is 0 Å². The molecule has 0 spiro atoms. The third-order valence-electron chi connectivity index (χ3n) is 6.10. The summed E-state index contributed by atoms with van der Waals surface area (Å²) in [6.45, 7) is 0. The average molecular weight is 473 g/mol. The molecule has 0 heterocycles. The Labute approximate surface area is 193 Å². The van der Waals surface area contributed by atoms with Crippen LogP contribution in [0, 0.1) is 23.3 Å². The number of anilines is 1. The molecule has 0 amide bonds. The summed E-state index contributed by atoms with van der Waals surface area (Å²) in [4.78, 5) is 0. The molecule has 0 aliphatic carbocycles. The van der Waals surface area contributed by atoms with E-state index in [9.17, 15) is 13.2 Å². The SMILES string of the molecule is Fc1cccc(NP(c2cccc(F)c2F)c2ccc3ccc4cccc5ccc2c3c45)c1F. The molecule has 0 aliphatic rings. The zero-order valence-electron chi connectivity index (χ0n) is 17.6. The highest BCUT2D eigenvalue weighted by Gasteiger charge is 2.25. The minimum absolute atomic E-state index is 0.0636. The van der Waals surface area contributed by atoms with E-state index in [0.717, 1.165) is 44.5 Å². The van der Waals surface area contributed by atoms with Gasteiger partial charge in [0.1, 0.15) is 0 Å². The van der Waals surface area contributed by atoms with Gasteiger partial charge < -0.3 is 5.09 Å². The Morgan fingerprint density at radius 3 is 1.85 bits per heavy atom. The van der Waals surface area contributed by atoms with Gasteiger partial charge in [-0.3, -0.25) is 0 Å². The summed E-state index contributed by atoms with van der Waals surface area (Å²) in [7, 11) is -1.84. The summed E-state index contributed by atoms with van der Waals surface area (Å²) in [5.74, 6) is -4.09. The minimum atomic E-state index is -1.84. The van der Waals surface area contributed by atoms with Crippen LogP contribution in [0.4, 0.5) is 23.2 Å². The topological polar surface area (TPSA) is 12.0 Å². The average Bonchev–Trinajstić information content (AvgIpc) is 2.85. The fraction of sp³-hybridized carbons (Fsp3) is 0. The maximum Gasteiger partial charge on any atom is 0.182 e. The Hall–Kier alpha value is -3.69. The molecule has 0 aromatic heterocycles. The molecule has 6 rings (SSSR count). The lowest BCUT2D eigenvalue weighted by molar-refractivity contribution is 0.512. The quantitative estimate of drug-likeness (QED) is 0.158. The second-order valence-electron chi connectivity index (χ2n) is 8.06. The van der Waals surface area contributed by atoms with Gasteiger partial charge in [-0.25, -0.2) is 17.6 Å². The van der Waals surface area contributed by atoms with Gasteiger partial charge in [0.25, 0.3) is 0 Å². The Bertz CT molecular complexity index is 1680. The number of halogens is 4. The largest absolute Gasteiger partial charge is 0.354 e. The predicted octanol–water partition coefficient (Wildman–Crippen LogP) is 7.60. The predicted molar refractivity (Wildman–Crippen MR) is 133 cm³/mol. The van der Waals surface area contributed by atoms with Gasteiger partial charge in [0.2, 0.25) is 0 Å². The van der Waals surface area contributed by atoms with E-state index in [1.165, 1.54) is 24.3 Å². The van der Waals surface area contributed by atoms with Crippen LogP contribution in [0.1, 0.15) is 0 Å². The van der Waals surface area contributed by atoms with E-state index in [4.69, 9.17) is 0 Å². The highest BCUT2D eigenvalue weighted by atomic mass is 31.1. The first-order valence-electron chi connectivity index (χ1n) is 10.6. The zero-order valence-corrected chi connectivity index (χ0v) is 18.5. The summed E-state index contributed by atoms with van der Waals surface area (Å²) >= 11 is 0. The maximum absolute atomic E-state index is 15.0. The molecule has 0 fully saturated rings. The van der Waals surface area contributed by atoms with E-state index in [-0.39, 0.29) is 11.0 Å². The highest BCUT2D eigenvalue weighted by molar-refractivity contribution is 7.74. The van der Waals surface area contributed by atoms with Gasteiger partial charge in [-0.1, -0.05) is 66.7 Å². The summed E-state index contributed by atoms with van der Waals surface area (Å²) in [5.41, 5.74) is -0.111. The van der Waals surface area contributed by atoms with Crippen LogP contribution in [-0.2, 0) is 0 Å². The van der Waals surface area contributed by atoms with Crippen LogP contribution in [-0.4, -0.2) is 0 Å². The van der Waals surface area contributed by atoms with Crippen LogP contribution in [0.3, 0.4) is 0 Å². The van der Waals surface area contributed by atoms with Crippen molar-refractivity contribution in [3.8, 4) is 0 Å². The van der Waals surface area contributed by atoms with Crippen molar-refractivity contribution in [2.24, 2.45) is 0 Å². The molecule has 1 N–H and O–H groups in total. The molecule has 1 atom stereocenters. The zero-order chi connectivity index (χ0) is 23.4. The Balaban J connectivity index is 1.65. The van der Waals surface area contributed by atoms with Gasteiger partial charge in [-0.2, -0.15) is 0 Å². The summed E-state index contributed by atoms with van der Waals surface area (Å²) < 4.78 is 57.9. The number of hydrogen-bond donors (Lipinski definition) is 1. The van der Waals surface area contributed by atoms with Crippen LogP contribution in [0.25, 0.3) is 32.3 Å². The summed E-state index contributed by atoms with van der Waals surface area (Å²) in [6.07, 6.45) is 0. The normalized spacial score (nSPS) is 12.6. The van der Waals surface area contributed by atoms with E-state index in [0.29, 0.717) is 5.30 Å². The molecule has 6 heteroatoms. The van der Waals surface area contributed by atoms with Gasteiger partial charge >= 0.3 is 0 Å². The van der Waals surface area contributed by atoms with Crippen LogP contribution < -0.4 is 15.7 Å². The lowest BCUT2D eigenvalue weighted by Gasteiger charge is -2.24. The van der Waals surface area contributed by atoms with Gasteiger partial charge in [0, 0.05) is 10.6 Å². The number of rotatable bonds is 4. The Morgan fingerprint density at radius 1 is 0.500 bits per heavy atom. The maximum atomic E-state index is 15.0. The van der Waals surface area contributed by atoms with Crippen molar-refractivity contribution in [2.45, 2.75) is 0 Å². The number of hydrogen-bond acceptors (Lipinski definition) is 1. The van der Waals surface area contributed by atoms with Gasteiger partial charge in [-0.15, -0.1) is 0 Å². The van der Waals surface area contributed by atoms with Crippen molar-refractivity contribution < 1.29 is 17.6 Å². The monoisotopic (exact) mass is 473 g/mol. The van der Waals surface area contributed by atoms with Gasteiger partial charge in [0.15, 0.2) is 23.3 Å². The molecule has 34 heavy (non-hydrogen) atoms. The first-order valence-corrected chi connectivity index (χ1v) is 12.0. The van der Waals surface area contributed by atoms with Crippen molar-refractivity contribution in [1.82, 2.24) is 0 Å². The van der Waals surface area contributed by atoms with Crippen molar-refractivity contribution in [2.75, 3.05) is 5.09 Å². The molecule has 166 valence electrons. The molecular weight excluding hydrogens is 457 g/mol. The van der Waals surface area contributed by atoms with E-state index in [2.05, 4.69) is 11.2 Å². The smallest absolute Gasteiger partial charge is 0.182 e. The summed E-state index contributed by atoms with van der Waals surface area (Å²) in [6, 6.07) is 25.6. The lowest BCUT2D eigenvalue weighted by Crippen LogP contribution is -2.22. The van der Waals surface area contributed by atoms with Crippen molar-refractivity contribution in [3.05, 3.63) is 114 Å². The minimum Gasteiger partial charge on any atom is -0.354 e. The molecule has 1 nitrogen and oxygen atoms in total. The van der Waals surface area contributed by atoms with Gasteiger partial charge in [-0.05, 0) is 56.6 Å². The molecule has 0 saturated carbocycles. The molecule has 0 bridgehead atoms. The second-order valence-corrected chi connectivity index (χ2v) is 9.92. The fourth-order valence-corrected chi connectivity index (χ4v) is 6.64. The molecule has 0 radical (unpaired) electrons. The lowest BCUT2D eigenvalue weighted by atomic mass is 9.94. The van der Waals surface area contributed by atoms with Crippen LogP contribution in [0.15, 0.2) is 91.0 Å². The first kappa shape index (κ1) is 20.9. The van der Waals surface area contributed by atoms with E-state index >= 15 is 4.39 Å². The third kappa shape index (κ3) is 3.19. The van der Waals surface area contributed by atoms with Gasteiger partial charge in [0.05, 0.1) is 13.8 Å². The number of benzene rings is 6. The molecular formula is C28H16F4NP. The third-order valence-corrected chi connectivity index (χ3v) is 8.27. The van der Waals surface area contributed by atoms with Crippen molar-refractivity contribution in [3.63, 3.8) is 0 Å². The van der Waals surface area contributed by atoms with Crippen LogP contribution >= 0.6 is 8.07 Å². The van der Waals surface area contributed by atoms with Crippen molar-refractivity contribution >= 4 is 56.7 Å². The molecule has 0 aliphatic heterocycles. The van der Waals surface area contributed by atoms with E-state index < -0.39 is 31.3 Å². The summed E-state index contributed by atoms with van der Waals surface area (Å²) in [5, 5.41) is 9.82. The first-order chi connectivity index (χ1) is 16.5. The molecule has 1 unspecified atom stereocenters. The fourth-order valence-electron chi connectivity index (χ4n) is 4.54. The standard InChI is InChI=1S/C28H16F4NP/c29-20-6-2-8-22(27(20)31)33-34(24-9-3-7-21(30)28(24)32)23-15-13-18-11-10-16-4-1-5-17-12-14-19(23)26(18)25(16)17/h1-15,33H. The molecule has 0 saturated heterocycles. The Kier molecular flexibility index (Phi) is 4.89. The molecule has 6 aromatic carbocycles. The second kappa shape index (κ2) is 7.96. The van der Waals surface area contributed by atoms with E-state index in [1.54, 1.807) is 0 Å². The van der Waals surface area contributed by atoms with E-state index in [1.807, 2.05) is 48.5 Å². The number of nitrogens with one attached hydrogen (secondary N) is 1.